The molecule has 0 fully saturated rings. The minimum absolute atomic E-state index is 0.102. The lowest BCUT2D eigenvalue weighted by Crippen LogP contribution is -2.28. The van der Waals surface area contributed by atoms with Crippen molar-refractivity contribution in [3.8, 4) is 0 Å². The Morgan fingerprint density at radius 3 is 2.37 bits per heavy atom. The molecule has 3 aromatic carbocycles. The zero-order valence-electron chi connectivity index (χ0n) is 16.7. The summed E-state index contributed by atoms with van der Waals surface area (Å²) in [6.07, 6.45) is 0. The van der Waals surface area contributed by atoms with Crippen molar-refractivity contribution >= 4 is 21.6 Å². The number of amides is 1. The van der Waals surface area contributed by atoms with Gasteiger partial charge < -0.3 is 5.32 Å². The van der Waals surface area contributed by atoms with Gasteiger partial charge in [0, 0.05) is 12.1 Å². The average molecular weight is 427 g/mol. The molecular weight excluding hydrogens is 403 g/mol. The highest BCUT2D eigenvalue weighted by atomic mass is 32.2. The molecule has 0 aliphatic heterocycles. The van der Waals surface area contributed by atoms with Crippen LogP contribution in [0, 0.1) is 12.7 Å². The smallest absolute Gasteiger partial charge is 0.262 e. The molecule has 1 amide bonds. The van der Waals surface area contributed by atoms with Crippen molar-refractivity contribution in [2.24, 2.45) is 0 Å². The summed E-state index contributed by atoms with van der Waals surface area (Å²) in [7, 11) is -4.05. The number of carbonyl (C=O) groups is 1. The van der Waals surface area contributed by atoms with Gasteiger partial charge in [-0.3, -0.25) is 9.52 Å². The molecule has 1 unspecified atom stereocenters. The number of carbonyl (C=O) groups excluding carboxylic acids is 1. The number of halogens is 1. The highest BCUT2D eigenvalue weighted by Crippen LogP contribution is 2.21. The van der Waals surface area contributed by atoms with Crippen molar-refractivity contribution in [1.82, 2.24) is 5.32 Å². The number of aryl methyl sites for hydroxylation is 1. The van der Waals surface area contributed by atoms with E-state index in [4.69, 9.17) is 0 Å². The number of nitrogens with one attached hydrogen (secondary N) is 2. The summed E-state index contributed by atoms with van der Waals surface area (Å²) in [4.78, 5) is 12.6. The van der Waals surface area contributed by atoms with Crippen molar-refractivity contribution in [1.29, 1.82) is 0 Å². The van der Waals surface area contributed by atoms with Gasteiger partial charge in [0.15, 0.2) is 0 Å². The summed E-state index contributed by atoms with van der Waals surface area (Å²) in [5.74, 6) is -0.940. The van der Waals surface area contributed by atoms with Gasteiger partial charge in [-0.2, -0.15) is 0 Å². The second kappa shape index (κ2) is 9.09. The van der Waals surface area contributed by atoms with E-state index in [2.05, 4.69) is 10.0 Å². The molecule has 2 N–H and O–H groups in total. The van der Waals surface area contributed by atoms with Crippen molar-refractivity contribution in [3.05, 3.63) is 95.3 Å². The number of para-hydroxylation sites is 1. The summed E-state index contributed by atoms with van der Waals surface area (Å²) >= 11 is 0. The molecule has 0 radical (unpaired) electrons. The minimum Gasteiger partial charge on any atom is -0.351 e. The monoisotopic (exact) mass is 426 g/mol. The van der Waals surface area contributed by atoms with Crippen LogP contribution in [0.15, 0.2) is 77.7 Å². The van der Waals surface area contributed by atoms with E-state index in [9.17, 15) is 17.6 Å². The van der Waals surface area contributed by atoms with Gasteiger partial charge in [-0.25, -0.2) is 12.8 Å². The van der Waals surface area contributed by atoms with E-state index in [0.29, 0.717) is 12.1 Å². The Morgan fingerprint density at radius 1 is 1.00 bits per heavy atom. The third-order valence-electron chi connectivity index (χ3n) is 4.82. The molecule has 30 heavy (non-hydrogen) atoms. The van der Waals surface area contributed by atoms with Gasteiger partial charge in [0.1, 0.15) is 5.82 Å². The second-order valence-electron chi connectivity index (χ2n) is 7.08. The molecule has 5 nitrogen and oxygen atoms in total. The fourth-order valence-corrected chi connectivity index (χ4v) is 4.09. The van der Waals surface area contributed by atoms with Crippen molar-refractivity contribution in [2.75, 3.05) is 11.3 Å². The molecule has 0 aliphatic carbocycles. The fraction of sp³-hybridized carbons (Fsp3) is 0.174. The van der Waals surface area contributed by atoms with Crippen molar-refractivity contribution in [3.63, 3.8) is 0 Å². The molecule has 1 atom stereocenters. The zero-order valence-corrected chi connectivity index (χ0v) is 17.5. The Morgan fingerprint density at radius 2 is 1.67 bits per heavy atom. The quantitative estimate of drug-likeness (QED) is 0.585. The summed E-state index contributed by atoms with van der Waals surface area (Å²) < 4.78 is 41.4. The number of rotatable bonds is 7. The van der Waals surface area contributed by atoms with E-state index >= 15 is 0 Å². The molecule has 0 aliphatic rings. The van der Waals surface area contributed by atoms with Crippen LogP contribution in [0.5, 0.6) is 0 Å². The van der Waals surface area contributed by atoms with Crippen LogP contribution in [0.25, 0.3) is 0 Å². The standard InChI is InChI=1S/C23H23FN2O3S/c1-16-12-13-19(30(28,29)26-22-11-7-6-10-21(22)24)14-20(16)23(27)25-15-17(2)18-8-4-3-5-9-18/h3-14,17,26H,15H2,1-2H3,(H,25,27). The summed E-state index contributed by atoms with van der Waals surface area (Å²) in [6, 6.07) is 19.5. The van der Waals surface area contributed by atoms with Crippen LogP contribution in [0.1, 0.15) is 34.3 Å². The van der Waals surface area contributed by atoms with Gasteiger partial charge in [-0.05, 0) is 48.2 Å². The van der Waals surface area contributed by atoms with Gasteiger partial charge in [-0.15, -0.1) is 0 Å². The van der Waals surface area contributed by atoms with Gasteiger partial charge >= 0.3 is 0 Å². The molecule has 7 heteroatoms. The zero-order chi connectivity index (χ0) is 21.7. The SMILES string of the molecule is Cc1ccc(S(=O)(=O)Nc2ccccc2F)cc1C(=O)NCC(C)c1ccccc1. The molecule has 3 rings (SSSR count). The van der Waals surface area contributed by atoms with Gasteiger partial charge in [-0.1, -0.05) is 55.5 Å². The molecule has 0 spiro atoms. The lowest BCUT2D eigenvalue weighted by molar-refractivity contribution is 0.0951. The fourth-order valence-electron chi connectivity index (χ4n) is 3.00. The molecular formula is C23H23FN2O3S. The molecule has 3 aromatic rings. The summed E-state index contributed by atoms with van der Waals surface area (Å²) in [6.45, 7) is 4.14. The number of benzene rings is 3. The number of hydrogen-bond donors (Lipinski definition) is 2. The van der Waals surface area contributed by atoms with Gasteiger partial charge in [0.25, 0.3) is 15.9 Å². The first-order valence-corrected chi connectivity index (χ1v) is 11.0. The Balaban J connectivity index is 1.77. The third kappa shape index (κ3) is 5.04. The Hall–Kier alpha value is -3.19. The summed E-state index contributed by atoms with van der Waals surface area (Å²) in [5.41, 5.74) is 1.84. The normalized spacial score (nSPS) is 12.2. The second-order valence-corrected chi connectivity index (χ2v) is 8.77. The maximum Gasteiger partial charge on any atom is 0.262 e. The molecule has 0 heterocycles. The van der Waals surface area contributed by atoms with Gasteiger partial charge in [0.2, 0.25) is 0 Å². The largest absolute Gasteiger partial charge is 0.351 e. The van der Waals surface area contributed by atoms with Crippen molar-refractivity contribution < 1.29 is 17.6 Å². The average Bonchev–Trinajstić information content (AvgIpc) is 2.74. The number of hydrogen-bond acceptors (Lipinski definition) is 3. The maximum absolute atomic E-state index is 13.8. The highest BCUT2D eigenvalue weighted by Gasteiger charge is 2.20. The molecule has 156 valence electrons. The predicted octanol–water partition coefficient (Wildman–Crippen LogP) is 4.47. The van der Waals surface area contributed by atoms with Crippen LogP contribution in [0.4, 0.5) is 10.1 Å². The van der Waals surface area contributed by atoms with E-state index in [0.717, 1.165) is 5.56 Å². The Labute approximate surface area is 176 Å². The molecule has 0 saturated carbocycles. The van der Waals surface area contributed by atoms with Crippen LogP contribution in [-0.2, 0) is 10.0 Å². The number of sulfonamides is 1. The minimum atomic E-state index is -4.05. The number of anilines is 1. The highest BCUT2D eigenvalue weighted by molar-refractivity contribution is 7.92. The summed E-state index contributed by atoms with van der Waals surface area (Å²) in [5, 5.41) is 2.86. The van der Waals surface area contributed by atoms with Crippen molar-refractivity contribution in [2.45, 2.75) is 24.7 Å². The van der Waals surface area contributed by atoms with E-state index < -0.39 is 15.8 Å². The third-order valence-corrected chi connectivity index (χ3v) is 6.18. The maximum atomic E-state index is 13.8. The molecule has 0 saturated heterocycles. The molecule has 0 aromatic heterocycles. The predicted molar refractivity (Wildman–Crippen MR) is 116 cm³/mol. The topological polar surface area (TPSA) is 75.3 Å². The lowest BCUT2D eigenvalue weighted by atomic mass is 10.0. The first-order chi connectivity index (χ1) is 14.3. The van der Waals surface area contributed by atoms with E-state index in [1.165, 1.54) is 36.4 Å². The van der Waals surface area contributed by atoms with Crippen LogP contribution in [0.3, 0.4) is 0 Å². The van der Waals surface area contributed by atoms with E-state index in [1.54, 1.807) is 13.0 Å². The lowest BCUT2D eigenvalue weighted by Gasteiger charge is -2.15. The van der Waals surface area contributed by atoms with Gasteiger partial charge in [0.05, 0.1) is 10.6 Å². The first kappa shape index (κ1) is 21.5. The van der Waals surface area contributed by atoms with Crippen LogP contribution < -0.4 is 10.0 Å². The first-order valence-electron chi connectivity index (χ1n) is 9.49. The Kier molecular flexibility index (Phi) is 6.52. The van der Waals surface area contributed by atoms with Crippen LogP contribution >= 0.6 is 0 Å². The van der Waals surface area contributed by atoms with Crippen LogP contribution in [-0.4, -0.2) is 20.9 Å². The van der Waals surface area contributed by atoms with E-state index in [-0.39, 0.29) is 28.0 Å². The van der Waals surface area contributed by atoms with Crippen LogP contribution in [0.2, 0.25) is 0 Å². The van der Waals surface area contributed by atoms with E-state index in [1.807, 2.05) is 37.3 Å². The molecule has 0 bridgehead atoms. The Bertz CT molecular complexity index is 1150.